The SMILES string of the molecule is Op1oc2ccc3cc(Br)c(OCc4ccccc4)cc3c2c2c(ccc3cc(Br)c(OCc4ccccc4)cc32)o1. The van der Waals surface area contributed by atoms with Crippen molar-refractivity contribution in [2.75, 3.05) is 0 Å². The van der Waals surface area contributed by atoms with Gasteiger partial charge >= 0.3 is 8.24 Å². The second-order valence-corrected chi connectivity index (χ2v) is 12.4. The number of hydrogen-bond acceptors (Lipinski definition) is 5. The Balaban J connectivity index is 1.47. The molecule has 0 amide bonds. The van der Waals surface area contributed by atoms with Crippen LogP contribution in [-0.2, 0) is 13.2 Å². The van der Waals surface area contributed by atoms with E-state index in [9.17, 15) is 4.89 Å². The first-order valence-electron chi connectivity index (χ1n) is 13.2. The summed E-state index contributed by atoms with van der Waals surface area (Å²) in [6.07, 6.45) is 0. The van der Waals surface area contributed by atoms with Crippen LogP contribution in [0.5, 0.6) is 11.5 Å². The van der Waals surface area contributed by atoms with Crippen LogP contribution in [0.1, 0.15) is 11.1 Å². The van der Waals surface area contributed by atoms with Crippen LogP contribution in [0.4, 0.5) is 0 Å². The third kappa shape index (κ3) is 5.30. The van der Waals surface area contributed by atoms with E-state index >= 15 is 0 Å². The average Bonchev–Trinajstić information content (AvgIpc) is 3.15. The van der Waals surface area contributed by atoms with Crippen molar-refractivity contribution >= 4 is 83.6 Å². The van der Waals surface area contributed by atoms with Gasteiger partial charge in [-0.3, -0.25) is 4.89 Å². The van der Waals surface area contributed by atoms with Crippen molar-refractivity contribution in [3.63, 3.8) is 0 Å². The Hall–Kier alpha value is -3.74. The van der Waals surface area contributed by atoms with Crippen molar-refractivity contribution in [2.24, 2.45) is 0 Å². The lowest BCUT2D eigenvalue weighted by Crippen LogP contribution is -1.96. The molecule has 42 heavy (non-hydrogen) atoms. The van der Waals surface area contributed by atoms with E-state index in [4.69, 9.17) is 17.9 Å². The molecule has 7 rings (SSSR count). The summed E-state index contributed by atoms with van der Waals surface area (Å²) in [6.45, 7) is 0.856. The highest BCUT2D eigenvalue weighted by Gasteiger charge is 2.16. The zero-order valence-electron chi connectivity index (χ0n) is 22.1. The molecule has 0 atom stereocenters. The van der Waals surface area contributed by atoms with E-state index < -0.39 is 8.24 Å². The summed E-state index contributed by atoms with van der Waals surface area (Å²) in [7, 11) is -2.19. The van der Waals surface area contributed by atoms with Crippen molar-refractivity contribution in [2.45, 2.75) is 13.2 Å². The Morgan fingerprint density at radius 1 is 0.571 bits per heavy atom. The molecule has 8 heteroatoms. The zero-order valence-corrected chi connectivity index (χ0v) is 26.2. The fourth-order valence-corrected chi connectivity index (χ4v) is 6.79. The van der Waals surface area contributed by atoms with Gasteiger partial charge in [-0.2, -0.15) is 0 Å². The molecule has 6 aromatic carbocycles. The molecular formula is C34H23Br2O5P. The summed E-state index contributed by atoms with van der Waals surface area (Å²) in [5.41, 5.74) is 3.22. The van der Waals surface area contributed by atoms with Crippen molar-refractivity contribution < 1.29 is 22.8 Å². The Morgan fingerprint density at radius 2 is 1.00 bits per heavy atom. The summed E-state index contributed by atoms with van der Waals surface area (Å²) in [4.78, 5) is 10.7. The predicted octanol–water partition coefficient (Wildman–Crippen LogP) is 11.0. The fraction of sp³-hybridized carbons (Fsp3) is 0.0588. The van der Waals surface area contributed by atoms with E-state index in [1.165, 1.54) is 0 Å². The van der Waals surface area contributed by atoms with Crippen LogP contribution >= 0.6 is 40.1 Å². The van der Waals surface area contributed by atoms with Gasteiger partial charge in [0.15, 0.2) is 0 Å². The Kier molecular flexibility index (Phi) is 7.43. The van der Waals surface area contributed by atoms with Gasteiger partial charge in [-0.1, -0.05) is 72.8 Å². The Morgan fingerprint density at radius 3 is 1.43 bits per heavy atom. The zero-order chi connectivity index (χ0) is 28.6. The van der Waals surface area contributed by atoms with Crippen molar-refractivity contribution in [3.05, 3.63) is 129 Å². The number of hydrogen-bond donors (Lipinski definition) is 1. The molecule has 0 spiro atoms. The van der Waals surface area contributed by atoms with Crippen molar-refractivity contribution in [1.29, 1.82) is 0 Å². The lowest BCUT2D eigenvalue weighted by atomic mass is 9.98. The van der Waals surface area contributed by atoms with Crippen molar-refractivity contribution in [3.8, 4) is 11.5 Å². The van der Waals surface area contributed by atoms with Crippen LogP contribution in [0, 0.1) is 0 Å². The van der Waals surface area contributed by atoms with Gasteiger partial charge in [-0.15, -0.1) is 0 Å². The van der Waals surface area contributed by atoms with Crippen LogP contribution in [0.15, 0.2) is 127 Å². The smallest absolute Gasteiger partial charge is 0.384 e. The van der Waals surface area contributed by atoms with E-state index in [1.54, 1.807) is 0 Å². The Bertz CT molecular complexity index is 1980. The average molecular weight is 702 g/mol. The van der Waals surface area contributed by atoms with E-state index in [0.29, 0.717) is 35.9 Å². The van der Waals surface area contributed by atoms with Gasteiger partial charge in [-0.25, -0.2) is 0 Å². The number of ether oxygens (including phenoxy) is 2. The quantitative estimate of drug-likeness (QED) is 0.187. The Labute approximate surface area is 259 Å². The van der Waals surface area contributed by atoms with Gasteiger partial charge in [0, 0.05) is 10.8 Å². The normalized spacial score (nSPS) is 11.4. The molecule has 0 bridgehead atoms. The molecule has 0 aliphatic carbocycles. The first kappa shape index (κ1) is 27.1. The summed E-state index contributed by atoms with van der Waals surface area (Å²) in [5.74, 6) is 1.40. The van der Waals surface area contributed by atoms with Crippen LogP contribution in [0.2, 0.25) is 0 Å². The minimum atomic E-state index is -2.19. The van der Waals surface area contributed by atoms with Gasteiger partial charge in [0.05, 0.1) is 8.95 Å². The number of rotatable bonds is 6. The van der Waals surface area contributed by atoms with Gasteiger partial charge < -0.3 is 17.9 Å². The van der Waals surface area contributed by atoms with Crippen LogP contribution in [-0.4, -0.2) is 4.89 Å². The highest BCUT2D eigenvalue weighted by atomic mass is 79.9. The topological polar surface area (TPSA) is 65.0 Å². The molecule has 0 saturated carbocycles. The molecule has 0 unspecified atom stereocenters. The molecule has 0 aliphatic rings. The molecule has 0 fully saturated rings. The third-order valence-corrected chi connectivity index (χ3v) is 9.09. The first-order valence-corrected chi connectivity index (χ1v) is 16.0. The summed E-state index contributed by atoms with van der Waals surface area (Å²) < 4.78 is 26.2. The molecule has 208 valence electrons. The maximum absolute atomic E-state index is 10.7. The number of fused-ring (bicyclic) bond motifs is 7. The predicted molar refractivity (Wildman–Crippen MR) is 176 cm³/mol. The second-order valence-electron chi connectivity index (χ2n) is 9.85. The van der Waals surface area contributed by atoms with E-state index in [1.807, 2.05) is 109 Å². The highest BCUT2D eigenvalue weighted by Crippen LogP contribution is 2.43. The third-order valence-electron chi connectivity index (χ3n) is 7.15. The van der Waals surface area contributed by atoms with Crippen LogP contribution in [0.3, 0.4) is 0 Å². The largest absolute Gasteiger partial charge is 0.488 e. The van der Waals surface area contributed by atoms with E-state index in [2.05, 4.69) is 31.9 Å². The maximum Gasteiger partial charge on any atom is 0.384 e. The molecule has 1 aromatic heterocycles. The molecule has 1 N–H and O–H groups in total. The summed E-state index contributed by atoms with van der Waals surface area (Å²) in [6, 6.07) is 35.9. The monoisotopic (exact) mass is 700 g/mol. The number of halogens is 2. The van der Waals surface area contributed by atoms with E-state index in [0.717, 1.165) is 52.4 Å². The van der Waals surface area contributed by atoms with E-state index in [-0.39, 0.29) is 0 Å². The molecule has 0 aliphatic heterocycles. The molecular weight excluding hydrogens is 679 g/mol. The minimum Gasteiger partial charge on any atom is -0.488 e. The highest BCUT2D eigenvalue weighted by molar-refractivity contribution is 9.11. The van der Waals surface area contributed by atoms with Crippen LogP contribution in [0.25, 0.3) is 43.5 Å². The standard InChI is InChI=1S/C34H23Br2O5P/c35-27-15-23-11-13-29-33(25(23)17-31(27)38-19-21-7-3-1-4-8-21)34-26-18-32(39-20-22-9-5-2-6-10-22)28(36)16-24(26)12-14-30(34)41-42(37)40-29/h1-18,37H,19-20H2. The van der Waals surface area contributed by atoms with Crippen LogP contribution < -0.4 is 9.47 Å². The lowest BCUT2D eigenvalue weighted by Gasteiger charge is -2.13. The molecule has 0 radical (unpaired) electrons. The maximum atomic E-state index is 10.7. The second kappa shape index (κ2) is 11.5. The van der Waals surface area contributed by atoms with Gasteiger partial charge in [0.2, 0.25) is 0 Å². The number of benzene rings is 6. The minimum absolute atomic E-state index is 0.428. The first-order chi connectivity index (χ1) is 20.5. The van der Waals surface area contributed by atoms with Gasteiger partial charge in [-0.05, 0) is 101 Å². The molecule has 5 nitrogen and oxygen atoms in total. The fourth-order valence-electron chi connectivity index (χ4n) is 5.16. The van der Waals surface area contributed by atoms with Gasteiger partial charge in [0.1, 0.15) is 35.9 Å². The molecule has 7 aromatic rings. The lowest BCUT2D eigenvalue weighted by molar-refractivity contribution is 0.304. The molecule has 1 heterocycles. The van der Waals surface area contributed by atoms with Crippen molar-refractivity contribution in [1.82, 2.24) is 0 Å². The van der Waals surface area contributed by atoms with Gasteiger partial charge in [0.25, 0.3) is 0 Å². The summed E-state index contributed by atoms with van der Waals surface area (Å²) >= 11 is 7.40. The summed E-state index contributed by atoms with van der Waals surface area (Å²) in [5, 5.41) is 5.44. The molecule has 0 saturated heterocycles.